The Labute approximate surface area is 230 Å². The van der Waals surface area contributed by atoms with E-state index in [2.05, 4.69) is 62.9 Å². The number of aryl methyl sites for hydroxylation is 1. The SMILES string of the molecule is COC(OC)C1CCN(c2ccc([C@@H]3c4ccc(O)cc4CC[C@@H]3C3CC(C)(C)CC(C)(C)C3)cc2)CC1. The number of hydrogen-bond donors (Lipinski definition) is 1. The monoisotopic (exact) mass is 519 g/mol. The van der Waals surface area contributed by atoms with Gasteiger partial charge in [0.1, 0.15) is 5.75 Å². The molecule has 208 valence electrons. The number of phenols is 1. The zero-order chi connectivity index (χ0) is 27.1. The number of hydrogen-bond acceptors (Lipinski definition) is 4. The average molecular weight is 520 g/mol. The van der Waals surface area contributed by atoms with E-state index in [0.717, 1.165) is 32.4 Å². The summed E-state index contributed by atoms with van der Waals surface area (Å²) in [5.74, 6) is 2.59. The summed E-state index contributed by atoms with van der Waals surface area (Å²) in [6.07, 6.45) is 8.26. The van der Waals surface area contributed by atoms with Crippen LogP contribution in [0.5, 0.6) is 5.75 Å². The fraction of sp³-hybridized carbons (Fsp3) is 0.647. The summed E-state index contributed by atoms with van der Waals surface area (Å²) in [5.41, 5.74) is 6.27. The lowest BCUT2D eigenvalue weighted by Gasteiger charge is -2.50. The van der Waals surface area contributed by atoms with Crippen molar-refractivity contribution < 1.29 is 14.6 Å². The highest BCUT2D eigenvalue weighted by atomic mass is 16.7. The molecule has 5 rings (SSSR count). The Balaban J connectivity index is 1.40. The highest BCUT2D eigenvalue weighted by molar-refractivity contribution is 5.51. The molecular formula is C34H49NO3. The topological polar surface area (TPSA) is 41.9 Å². The smallest absolute Gasteiger partial charge is 0.159 e. The molecule has 2 atom stereocenters. The summed E-state index contributed by atoms with van der Waals surface area (Å²) >= 11 is 0. The Morgan fingerprint density at radius 1 is 0.868 bits per heavy atom. The Morgan fingerprint density at radius 2 is 1.50 bits per heavy atom. The van der Waals surface area contributed by atoms with Gasteiger partial charge in [-0.2, -0.15) is 0 Å². The lowest BCUT2D eigenvalue weighted by atomic mass is 9.55. The van der Waals surface area contributed by atoms with Crippen LogP contribution >= 0.6 is 0 Å². The zero-order valence-electron chi connectivity index (χ0n) is 24.5. The van der Waals surface area contributed by atoms with Crippen LogP contribution in [0.15, 0.2) is 42.5 Å². The number of fused-ring (bicyclic) bond motifs is 1. The molecule has 0 radical (unpaired) electrons. The minimum Gasteiger partial charge on any atom is -0.508 e. The van der Waals surface area contributed by atoms with Crippen molar-refractivity contribution in [2.45, 2.75) is 84.8 Å². The minimum absolute atomic E-state index is 0.1000. The van der Waals surface area contributed by atoms with E-state index in [0.29, 0.717) is 40.3 Å². The number of nitrogens with zero attached hydrogens (tertiary/aromatic N) is 1. The maximum atomic E-state index is 10.2. The first-order valence-corrected chi connectivity index (χ1v) is 14.8. The molecule has 1 N–H and O–H groups in total. The first kappa shape index (κ1) is 27.5. The maximum Gasteiger partial charge on any atom is 0.159 e. The molecular weight excluding hydrogens is 470 g/mol. The summed E-state index contributed by atoms with van der Waals surface area (Å²) in [7, 11) is 3.49. The molecule has 0 unspecified atom stereocenters. The van der Waals surface area contributed by atoms with E-state index < -0.39 is 0 Å². The number of piperidine rings is 1. The van der Waals surface area contributed by atoms with Crippen molar-refractivity contribution in [3.05, 3.63) is 59.2 Å². The lowest BCUT2D eigenvalue weighted by Crippen LogP contribution is -2.40. The summed E-state index contributed by atoms with van der Waals surface area (Å²) in [4.78, 5) is 2.51. The van der Waals surface area contributed by atoms with Gasteiger partial charge in [0.15, 0.2) is 6.29 Å². The second kappa shape index (κ2) is 10.8. The average Bonchev–Trinajstić information content (AvgIpc) is 2.87. The van der Waals surface area contributed by atoms with E-state index in [1.165, 1.54) is 48.1 Å². The molecule has 1 saturated carbocycles. The molecule has 1 heterocycles. The van der Waals surface area contributed by atoms with E-state index in [-0.39, 0.29) is 6.29 Å². The predicted molar refractivity (Wildman–Crippen MR) is 156 cm³/mol. The predicted octanol–water partition coefficient (Wildman–Crippen LogP) is 7.77. The number of rotatable bonds is 6. The van der Waals surface area contributed by atoms with Crippen molar-refractivity contribution in [3.63, 3.8) is 0 Å². The van der Waals surface area contributed by atoms with Gasteiger partial charge in [0.25, 0.3) is 0 Å². The molecule has 2 aromatic carbocycles. The summed E-state index contributed by atoms with van der Waals surface area (Å²) < 4.78 is 11.1. The number of anilines is 1. The number of phenolic OH excluding ortho intramolecular Hbond substituents is 1. The molecule has 0 bridgehead atoms. The Bertz CT molecular complexity index is 1060. The van der Waals surface area contributed by atoms with Crippen LogP contribution in [-0.2, 0) is 15.9 Å². The zero-order valence-corrected chi connectivity index (χ0v) is 24.5. The number of aromatic hydroxyl groups is 1. The van der Waals surface area contributed by atoms with Crippen LogP contribution < -0.4 is 4.90 Å². The van der Waals surface area contributed by atoms with E-state index in [9.17, 15) is 5.11 Å². The Morgan fingerprint density at radius 3 is 2.11 bits per heavy atom. The third-order valence-corrected chi connectivity index (χ3v) is 9.84. The summed E-state index contributed by atoms with van der Waals surface area (Å²) in [6, 6.07) is 15.6. The van der Waals surface area contributed by atoms with Crippen molar-refractivity contribution >= 4 is 5.69 Å². The van der Waals surface area contributed by atoms with Gasteiger partial charge < -0.3 is 19.5 Å². The normalized spacial score (nSPS) is 25.9. The fourth-order valence-corrected chi connectivity index (χ4v) is 8.80. The highest BCUT2D eigenvalue weighted by Gasteiger charge is 2.45. The van der Waals surface area contributed by atoms with Gasteiger partial charge in [-0.15, -0.1) is 0 Å². The molecule has 0 aromatic heterocycles. The van der Waals surface area contributed by atoms with Crippen LogP contribution in [-0.4, -0.2) is 38.7 Å². The molecule has 1 saturated heterocycles. The van der Waals surface area contributed by atoms with Crippen LogP contribution in [0, 0.1) is 28.6 Å². The van der Waals surface area contributed by atoms with Gasteiger partial charge in [0, 0.05) is 44.8 Å². The van der Waals surface area contributed by atoms with Crippen LogP contribution in [0.3, 0.4) is 0 Å². The van der Waals surface area contributed by atoms with Crippen LogP contribution in [0.2, 0.25) is 0 Å². The quantitative estimate of drug-likeness (QED) is 0.396. The first-order chi connectivity index (χ1) is 18.1. The highest BCUT2D eigenvalue weighted by Crippen LogP contribution is 2.55. The number of ether oxygens (including phenoxy) is 2. The second-order valence-corrected chi connectivity index (χ2v) is 14.0. The molecule has 4 heteroatoms. The first-order valence-electron chi connectivity index (χ1n) is 14.8. The van der Waals surface area contributed by atoms with E-state index in [4.69, 9.17) is 9.47 Å². The number of benzene rings is 2. The molecule has 3 aliphatic rings. The third kappa shape index (κ3) is 5.77. The van der Waals surface area contributed by atoms with Crippen LogP contribution in [0.1, 0.15) is 88.8 Å². The summed E-state index contributed by atoms with van der Waals surface area (Å²) in [6.45, 7) is 12.0. The van der Waals surface area contributed by atoms with Crippen molar-refractivity contribution in [1.82, 2.24) is 0 Å². The minimum atomic E-state index is -0.1000. The summed E-state index contributed by atoms with van der Waals surface area (Å²) in [5, 5.41) is 10.2. The van der Waals surface area contributed by atoms with Crippen molar-refractivity contribution in [2.24, 2.45) is 28.6 Å². The number of methoxy groups -OCH3 is 2. The standard InChI is InChI=1S/C34H49NO3/c1-33(2)20-26(21-34(3,4)22-33)30-13-9-25-19-28(36)12-14-29(25)31(30)23-7-10-27(11-8-23)35-17-15-24(16-18-35)32(37-5)38-6/h7-8,10-12,14,19,24,26,30-32,36H,9,13,15-18,20-22H2,1-6H3/t30-,31-/m1/s1. The van der Waals surface area contributed by atoms with Crippen molar-refractivity contribution in [1.29, 1.82) is 0 Å². The van der Waals surface area contributed by atoms with Gasteiger partial charge in [-0.05, 0) is 109 Å². The third-order valence-electron chi connectivity index (χ3n) is 9.84. The van der Waals surface area contributed by atoms with Crippen LogP contribution in [0.25, 0.3) is 0 Å². The van der Waals surface area contributed by atoms with E-state index >= 15 is 0 Å². The van der Waals surface area contributed by atoms with Gasteiger partial charge in [-0.25, -0.2) is 0 Å². The Kier molecular flexibility index (Phi) is 7.86. The molecule has 2 aliphatic carbocycles. The van der Waals surface area contributed by atoms with E-state index in [1.807, 2.05) is 12.1 Å². The van der Waals surface area contributed by atoms with Gasteiger partial charge >= 0.3 is 0 Å². The molecule has 4 nitrogen and oxygen atoms in total. The fourth-order valence-electron chi connectivity index (χ4n) is 8.80. The van der Waals surface area contributed by atoms with Gasteiger partial charge in [0.05, 0.1) is 0 Å². The molecule has 0 spiro atoms. The molecule has 0 amide bonds. The van der Waals surface area contributed by atoms with Gasteiger partial charge in [-0.3, -0.25) is 0 Å². The molecule has 38 heavy (non-hydrogen) atoms. The molecule has 2 fully saturated rings. The van der Waals surface area contributed by atoms with Crippen molar-refractivity contribution in [2.75, 3.05) is 32.2 Å². The van der Waals surface area contributed by atoms with E-state index in [1.54, 1.807) is 14.2 Å². The second-order valence-electron chi connectivity index (χ2n) is 14.0. The molecule has 1 aliphatic heterocycles. The lowest BCUT2D eigenvalue weighted by molar-refractivity contribution is -0.141. The largest absolute Gasteiger partial charge is 0.508 e. The maximum absolute atomic E-state index is 10.2. The van der Waals surface area contributed by atoms with Gasteiger partial charge in [-0.1, -0.05) is 45.9 Å². The van der Waals surface area contributed by atoms with Gasteiger partial charge in [0.2, 0.25) is 0 Å². The Hall–Kier alpha value is -2.04. The molecule has 2 aromatic rings. The van der Waals surface area contributed by atoms with Crippen LogP contribution in [0.4, 0.5) is 5.69 Å². The van der Waals surface area contributed by atoms with Crippen molar-refractivity contribution in [3.8, 4) is 5.75 Å².